The lowest BCUT2D eigenvalue weighted by Crippen LogP contribution is -2.26. The molecular weight excluding hydrogens is 455 g/mol. The first-order valence-electron chi connectivity index (χ1n) is 11.4. The Balaban J connectivity index is 1.44. The van der Waals surface area contributed by atoms with Gasteiger partial charge in [-0.2, -0.15) is 4.57 Å². The van der Waals surface area contributed by atoms with E-state index in [0.717, 1.165) is 0 Å². The van der Waals surface area contributed by atoms with Gasteiger partial charge in [0.1, 0.15) is 17.3 Å². The minimum absolute atomic E-state index is 0.361. The number of hydrogen-bond acceptors (Lipinski definition) is 4. The molecule has 4 aromatic carbocycles. The number of allylic oxidation sites excluding steroid dienone is 3. The average molecular weight is 481 g/mol. The van der Waals surface area contributed by atoms with Crippen molar-refractivity contribution in [2.24, 2.45) is 0 Å². The summed E-state index contributed by atoms with van der Waals surface area (Å²) >= 11 is 0. The van der Waals surface area contributed by atoms with E-state index < -0.39 is 7.82 Å². The van der Waals surface area contributed by atoms with Crippen LogP contribution in [0.3, 0.4) is 0 Å². The molecule has 5 heteroatoms. The Morgan fingerprint density at radius 3 is 1.40 bits per heavy atom. The van der Waals surface area contributed by atoms with Crippen molar-refractivity contribution in [3.8, 4) is 11.5 Å². The fourth-order valence-electron chi connectivity index (χ4n) is 4.16. The highest BCUT2D eigenvalue weighted by atomic mass is 31.2. The third kappa shape index (κ3) is 5.24. The molecule has 4 nitrogen and oxygen atoms in total. The van der Waals surface area contributed by atoms with Gasteiger partial charge in [-0.05, 0) is 54.0 Å². The molecule has 0 saturated carbocycles. The first-order valence-corrected chi connectivity index (χ1v) is 12.9. The van der Waals surface area contributed by atoms with Crippen LogP contribution < -0.4 is 9.05 Å². The summed E-state index contributed by atoms with van der Waals surface area (Å²) in [6.07, 6.45) is 6.51. The second-order valence-electron chi connectivity index (χ2n) is 8.19. The molecule has 174 valence electrons. The van der Waals surface area contributed by atoms with Gasteiger partial charge in [-0.3, -0.25) is 0 Å². The molecule has 4 aromatic rings. The molecule has 0 bridgehead atoms. The zero-order valence-corrected chi connectivity index (χ0v) is 20.0. The van der Waals surface area contributed by atoms with Crippen LogP contribution in [0, 0.1) is 0 Å². The van der Waals surface area contributed by atoms with Gasteiger partial charge in [0, 0.05) is 5.41 Å². The highest BCUT2D eigenvalue weighted by Crippen LogP contribution is 2.52. The van der Waals surface area contributed by atoms with Crippen LogP contribution >= 0.6 is 7.82 Å². The summed E-state index contributed by atoms with van der Waals surface area (Å²) in [6, 6.07) is 38.5. The summed E-state index contributed by atoms with van der Waals surface area (Å²) in [5, 5.41) is 0. The van der Waals surface area contributed by atoms with Gasteiger partial charge < -0.3 is 13.6 Å². The quantitative estimate of drug-likeness (QED) is 0.239. The third-order valence-corrected chi connectivity index (χ3v) is 7.18. The monoisotopic (exact) mass is 480 g/mol. The van der Waals surface area contributed by atoms with Crippen molar-refractivity contribution < 1.29 is 18.1 Å². The Morgan fingerprint density at radius 1 is 0.571 bits per heavy atom. The van der Waals surface area contributed by atoms with Crippen LogP contribution in [-0.2, 0) is 14.5 Å². The highest BCUT2D eigenvalue weighted by molar-refractivity contribution is 7.49. The zero-order valence-electron chi connectivity index (χ0n) is 19.1. The van der Waals surface area contributed by atoms with E-state index in [4.69, 9.17) is 13.6 Å². The topological polar surface area (TPSA) is 44.8 Å². The Kier molecular flexibility index (Phi) is 6.56. The van der Waals surface area contributed by atoms with Gasteiger partial charge in [0.25, 0.3) is 0 Å². The van der Waals surface area contributed by atoms with Crippen molar-refractivity contribution in [1.29, 1.82) is 0 Å². The first-order chi connectivity index (χ1) is 17.2. The molecule has 5 rings (SSSR count). The van der Waals surface area contributed by atoms with Crippen LogP contribution in [0.15, 0.2) is 145 Å². The SMILES string of the molecule is O=P(OC1=CCC(c2ccccc2)(c2ccccc2)C=C1)(Oc1ccccc1)Oc1ccccc1. The number of rotatable bonds is 8. The van der Waals surface area contributed by atoms with E-state index in [-0.39, 0.29) is 5.41 Å². The fraction of sp³-hybridized carbons (Fsp3) is 0.0667. The average Bonchev–Trinajstić information content (AvgIpc) is 2.91. The van der Waals surface area contributed by atoms with E-state index in [2.05, 4.69) is 30.3 Å². The third-order valence-electron chi connectivity index (χ3n) is 5.87. The lowest BCUT2D eigenvalue weighted by Gasteiger charge is -2.34. The van der Waals surface area contributed by atoms with Crippen molar-refractivity contribution in [2.75, 3.05) is 0 Å². The van der Waals surface area contributed by atoms with Gasteiger partial charge in [0.2, 0.25) is 0 Å². The number of hydrogen-bond donors (Lipinski definition) is 0. The highest BCUT2D eigenvalue weighted by Gasteiger charge is 2.37. The van der Waals surface area contributed by atoms with Gasteiger partial charge in [-0.25, -0.2) is 0 Å². The molecule has 0 saturated heterocycles. The number of para-hydroxylation sites is 2. The van der Waals surface area contributed by atoms with E-state index in [9.17, 15) is 4.57 Å². The molecule has 0 unspecified atom stereocenters. The molecule has 35 heavy (non-hydrogen) atoms. The van der Waals surface area contributed by atoms with E-state index in [1.54, 1.807) is 48.5 Å². The van der Waals surface area contributed by atoms with Gasteiger partial charge >= 0.3 is 7.82 Å². The Hall–Kier alpha value is -4.01. The molecule has 0 amide bonds. The van der Waals surface area contributed by atoms with Crippen molar-refractivity contribution >= 4 is 7.82 Å². The largest absolute Gasteiger partial charge is 0.647 e. The molecule has 0 radical (unpaired) electrons. The van der Waals surface area contributed by atoms with Crippen LogP contribution in [-0.4, -0.2) is 0 Å². The maximum Gasteiger partial charge on any atom is 0.647 e. The molecule has 0 spiro atoms. The van der Waals surface area contributed by atoms with Crippen molar-refractivity contribution in [3.63, 3.8) is 0 Å². The molecule has 0 atom stereocenters. The minimum atomic E-state index is -4.04. The second-order valence-corrected chi connectivity index (χ2v) is 9.64. The molecule has 0 fully saturated rings. The molecule has 0 heterocycles. The number of phosphoric acid groups is 1. The van der Waals surface area contributed by atoms with Crippen LogP contribution in [0.4, 0.5) is 0 Å². The number of phosphoric ester groups is 1. The van der Waals surface area contributed by atoms with Gasteiger partial charge in [-0.1, -0.05) is 103 Å². The fourth-order valence-corrected chi connectivity index (χ4v) is 5.43. The number of benzene rings is 4. The van der Waals surface area contributed by atoms with E-state index in [1.807, 2.05) is 60.7 Å². The Labute approximate surface area is 205 Å². The molecule has 0 aromatic heterocycles. The van der Waals surface area contributed by atoms with E-state index >= 15 is 0 Å². The first kappa shape index (κ1) is 22.8. The lowest BCUT2D eigenvalue weighted by molar-refractivity contribution is 0.260. The molecular formula is C30H25O4P. The summed E-state index contributed by atoms with van der Waals surface area (Å²) in [4.78, 5) is 0. The molecule has 0 aliphatic heterocycles. The lowest BCUT2D eigenvalue weighted by atomic mass is 9.70. The van der Waals surface area contributed by atoms with Gasteiger partial charge in [0.05, 0.1) is 0 Å². The maximum atomic E-state index is 13.8. The Bertz CT molecular complexity index is 1270. The van der Waals surface area contributed by atoms with Crippen molar-refractivity contribution in [2.45, 2.75) is 11.8 Å². The summed E-state index contributed by atoms with van der Waals surface area (Å²) in [5.41, 5.74) is 1.98. The maximum absolute atomic E-state index is 13.8. The van der Waals surface area contributed by atoms with Crippen LogP contribution in [0.1, 0.15) is 17.5 Å². The predicted molar refractivity (Wildman–Crippen MR) is 138 cm³/mol. The molecule has 1 aliphatic carbocycles. The molecule has 0 N–H and O–H groups in total. The summed E-state index contributed by atoms with van der Waals surface area (Å²) in [5.74, 6) is 1.23. The van der Waals surface area contributed by atoms with E-state index in [0.29, 0.717) is 23.7 Å². The zero-order chi connectivity index (χ0) is 24.0. The van der Waals surface area contributed by atoms with Crippen LogP contribution in [0.5, 0.6) is 11.5 Å². The standard InChI is InChI=1S/C30H25O4P/c31-35(32-27-17-9-3-10-18-27,33-28-19-11-4-12-20-28)34-29-21-23-30(24-22-29,25-13-5-1-6-14-25)26-15-7-2-8-16-26/h1-23H,24H2. The second kappa shape index (κ2) is 10.1. The van der Waals surface area contributed by atoms with Gasteiger partial charge in [0.15, 0.2) is 0 Å². The van der Waals surface area contributed by atoms with Gasteiger partial charge in [-0.15, -0.1) is 0 Å². The van der Waals surface area contributed by atoms with Crippen molar-refractivity contribution in [3.05, 3.63) is 156 Å². The van der Waals surface area contributed by atoms with Crippen LogP contribution in [0.25, 0.3) is 0 Å². The summed E-state index contributed by atoms with van der Waals surface area (Å²) in [7, 11) is -4.04. The summed E-state index contributed by atoms with van der Waals surface area (Å²) < 4.78 is 31.3. The normalized spacial score (nSPS) is 14.6. The minimum Gasteiger partial charge on any atom is -0.386 e. The van der Waals surface area contributed by atoms with E-state index in [1.165, 1.54) is 11.1 Å². The van der Waals surface area contributed by atoms with Crippen molar-refractivity contribution in [1.82, 2.24) is 0 Å². The molecule has 1 aliphatic rings. The van der Waals surface area contributed by atoms with Crippen LogP contribution in [0.2, 0.25) is 0 Å². The predicted octanol–water partition coefficient (Wildman–Crippen LogP) is 8.10. The smallest absolute Gasteiger partial charge is 0.386 e. The Morgan fingerprint density at radius 2 is 1.00 bits per heavy atom. The summed E-state index contributed by atoms with van der Waals surface area (Å²) in [6.45, 7) is 0.